The van der Waals surface area contributed by atoms with Crippen LogP contribution >= 0.6 is 0 Å². The van der Waals surface area contributed by atoms with Crippen molar-refractivity contribution in [1.82, 2.24) is 15.0 Å². The van der Waals surface area contributed by atoms with Crippen molar-refractivity contribution in [3.63, 3.8) is 0 Å². The van der Waals surface area contributed by atoms with Crippen LogP contribution in [-0.2, 0) is 16.6 Å². The third-order valence-corrected chi connectivity index (χ3v) is 6.50. The first-order chi connectivity index (χ1) is 19.2. The summed E-state index contributed by atoms with van der Waals surface area (Å²) in [5.74, 6) is -2.78. The van der Waals surface area contributed by atoms with Gasteiger partial charge < -0.3 is 19.8 Å². The number of hydrogen-bond donors (Lipinski definition) is 3. The van der Waals surface area contributed by atoms with Gasteiger partial charge in [-0.3, -0.25) is 4.79 Å². The SMILES string of the molecule is CCCc1cccc(C(C)(C#N)c2cnc(-c3cc(Oc4c(F)cc5[nH]ccc5c4F)ccc3F)[nH]2)c1.O=CO. The van der Waals surface area contributed by atoms with Gasteiger partial charge in [0.05, 0.1) is 29.0 Å². The van der Waals surface area contributed by atoms with E-state index in [9.17, 15) is 18.4 Å². The summed E-state index contributed by atoms with van der Waals surface area (Å²) >= 11 is 0. The molecular formula is C30H25F3N4O3. The number of fused-ring (bicyclic) bond motifs is 1. The van der Waals surface area contributed by atoms with Gasteiger partial charge in [0.15, 0.2) is 17.4 Å². The fourth-order valence-electron chi connectivity index (χ4n) is 4.39. The van der Waals surface area contributed by atoms with E-state index in [2.05, 4.69) is 27.9 Å². The van der Waals surface area contributed by atoms with Gasteiger partial charge in [0.2, 0.25) is 0 Å². The Hall–Kier alpha value is -5.04. The lowest BCUT2D eigenvalue weighted by Crippen LogP contribution is -2.22. The molecule has 0 amide bonds. The molecule has 7 nitrogen and oxygen atoms in total. The van der Waals surface area contributed by atoms with Gasteiger partial charge in [-0.25, -0.2) is 18.2 Å². The number of aromatic nitrogens is 3. The molecule has 5 rings (SSSR count). The molecule has 0 spiro atoms. The van der Waals surface area contributed by atoms with Crippen LogP contribution in [0.15, 0.2) is 67.0 Å². The maximum atomic E-state index is 14.9. The largest absolute Gasteiger partial charge is 0.483 e. The second-order valence-electron chi connectivity index (χ2n) is 9.12. The third kappa shape index (κ3) is 5.40. The molecule has 0 aliphatic heterocycles. The highest BCUT2D eigenvalue weighted by Gasteiger charge is 2.32. The summed E-state index contributed by atoms with van der Waals surface area (Å²) in [5.41, 5.74) is 1.67. The molecule has 0 aliphatic carbocycles. The topological polar surface area (TPSA) is 115 Å². The third-order valence-electron chi connectivity index (χ3n) is 6.50. The Morgan fingerprint density at radius 3 is 2.62 bits per heavy atom. The van der Waals surface area contributed by atoms with Crippen molar-refractivity contribution in [2.24, 2.45) is 0 Å². The zero-order chi connectivity index (χ0) is 28.9. The van der Waals surface area contributed by atoms with Crippen LogP contribution in [0.5, 0.6) is 11.5 Å². The fraction of sp³-hybridized carbons (Fsp3) is 0.167. The van der Waals surface area contributed by atoms with Crippen LogP contribution in [0.3, 0.4) is 0 Å². The molecule has 1 atom stereocenters. The van der Waals surface area contributed by atoms with E-state index in [1.54, 1.807) is 6.92 Å². The van der Waals surface area contributed by atoms with Gasteiger partial charge in [-0.1, -0.05) is 37.6 Å². The number of nitriles is 1. The van der Waals surface area contributed by atoms with E-state index in [1.807, 2.05) is 24.3 Å². The molecule has 40 heavy (non-hydrogen) atoms. The Kier molecular flexibility index (Phi) is 8.24. The lowest BCUT2D eigenvalue weighted by molar-refractivity contribution is -0.122. The van der Waals surface area contributed by atoms with E-state index in [-0.39, 0.29) is 29.0 Å². The number of aryl methyl sites for hydroxylation is 1. The number of hydrogen-bond acceptors (Lipinski definition) is 4. The Labute approximate surface area is 227 Å². The number of nitrogens with one attached hydrogen (secondary N) is 2. The summed E-state index contributed by atoms with van der Waals surface area (Å²) in [6, 6.07) is 16.5. The maximum absolute atomic E-state index is 14.9. The molecule has 0 fully saturated rings. The number of carboxylic acid groups (broad SMARTS) is 1. The van der Waals surface area contributed by atoms with Crippen LogP contribution in [0.4, 0.5) is 13.2 Å². The van der Waals surface area contributed by atoms with E-state index in [4.69, 9.17) is 14.6 Å². The second kappa shape index (κ2) is 11.8. The van der Waals surface area contributed by atoms with Gasteiger partial charge in [0.25, 0.3) is 6.47 Å². The average molecular weight is 547 g/mol. The Morgan fingerprint density at radius 1 is 1.12 bits per heavy atom. The van der Waals surface area contributed by atoms with Crippen molar-refractivity contribution in [3.8, 4) is 29.0 Å². The summed E-state index contributed by atoms with van der Waals surface area (Å²) in [6.07, 6.45) is 4.86. The lowest BCUT2D eigenvalue weighted by atomic mass is 9.80. The fourth-order valence-corrected chi connectivity index (χ4v) is 4.39. The molecular weight excluding hydrogens is 521 g/mol. The molecule has 3 aromatic carbocycles. The molecule has 10 heteroatoms. The average Bonchev–Trinajstić information content (AvgIpc) is 3.63. The summed E-state index contributed by atoms with van der Waals surface area (Å²) in [4.78, 5) is 18.5. The van der Waals surface area contributed by atoms with Crippen LogP contribution in [0, 0.1) is 28.8 Å². The van der Waals surface area contributed by atoms with E-state index < -0.39 is 28.6 Å². The number of halogens is 3. The van der Waals surface area contributed by atoms with Gasteiger partial charge in [-0.05, 0) is 48.7 Å². The number of carbonyl (C=O) groups is 1. The zero-order valence-corrected chi connectivity index (χ0v) is 21.6. The van der Waals surface area contributed by atoms with Crippen LogP contribution in [-0.4, -0.2) is 26.5 Å². The summed E-state index contributed by atoms with van der Waals surface area (Å²) in [6.45, 7) is 3.61. The first-order valence-electron chi connectivity index (χ1n) is 12.3. The lowest BCUT2D eigenvalue weighted by Gasteiger charge is -2.21. The number of imidazole rings is 1. The smallest absolute Gasteiger partial charge is 0.290 e. The molecule has 204 valence electrons. The van der Waals surface area contributed by atoms with Crippen molar-refractivity contribution >= 4 is 17.4 Å². The van der Waals surface area contributed by atoms with Crippen molar-refractivity contribution in [2.75, 3.05) is 0 Å². The molecule has 0 saturated carbocycles. The van der Waals surface area contributed by atoms with Crippen molar-refractivity contribution in [3.05, 3.63) is 101 Å². The zero-order valence-electron chi connectivity index (χ0n) is 21.6. The molecule has 5 aromatic rings. The second-order valence-corrected chi connectivity index (χ2v) is 9.12. The molecule has 0 aliphatic rings. The minimum atomic E-state index is -1.06. The highest BCUT2D eigenvalue weighted by atomic mass is 19.1. The Bertz CT molecular complexity index is 1710. The number of benzene rings is 3. The van der Waals surface area contributed by atoms with Crippen LogP contribution in [0.25, 0.3) is 22.3 Å². The minimum Gasteiger partial charge on any atom is -0.483 e. The highest BCUT2D eigenvalue weighted by molar-refractivity contribution is 5.82. The number of nitrogens with zero attached hydrogens (tertiary/aromatic N) is 2. The van der Waals surface area contributed by atoms with Crippen LogP contribution in [0.1, 0.15) is 37.1 Å². The van der Waals surface area contributed by atoms with Crippen LogP contribution < -0.4 is 4.74 Å². The van der Waals surface area contributed by atoms with Gasteiger partial charge in [-0.15, -0.1) is 0 Å². The molecule has 3 N–H and O–H groups in total. The Morgan fingerprint density at radius 2 is 1.90 bits per heavy atom. The van der Waals surface area contributed by atoms with Gasteiger partial charge in [-0.2, -0.15) is 5.26 Å². The quantitative estimate of drug-likeness (QED) is 0.186. The van der Waals surface area contributed by atoms with Crippen molar-refractivity contribution in [1.29, 1.82) is 5.26 Å². The monoisotopic (exact) mass is 546 g/mol. The van der Waals surface area contributed by atoms with Crippen LogP contribution in [0.2, 0.25) is 0 Å². The number of ether oxygens (including phenoxy) is 1. The minimum absolute atomic E-state index is 0.0253. The predicted molar refractivity (Wildman–Crippen MR) is 143 cm³/mol. The normalized spacial score (nSPS) is 12.2. The molecule has 2 heterocycles. The van der Waals surface area contributed by atoms with Crippen molar-refractivity contribution in [2.45, 2.75) is 32.1 Å². The van der Waals surface area contributed by atoms with Gasteiger partial charge >= 0.3 is 0 Å². The first kappa shape index (κ1) is 28.0. The van der Waals surface area contributed by atoms with E-state index in [1.165, 1.54) is 30.6 Å². The number of aromatic amines is 2. The molecule has 2 aromatic heterocycles. The van der Waals surface area contributed by atoms with E-state index >= 15 is 0 Å². The number of H-pyrrole nitrogens is 2. The summed E-state index contributed by atoms with van der Waals surface area (Å²) in [5, 5.41) is 17.2. The highest BCUT2D eigenvalue weighted by Crippen LogP contribution is 2.36. The summed E-state index contributed by atoms with van der Waals surface area (Å²) in [7, 11) is 0. The standard InChI is InChI=1S/C29H23F3N4O.CH2O2/c1-3-5-17-6-4-7-18(12-17)29(2,16-33)25-15-35-28(36-25)21-13-19(8-9-22(21)30)37-27-23(31)14-24-20(26(27)32)10-11-34-24;2-1-3/h4,6-15,34H,3,5H2,1-2H3,(H,35,36);1H,(H,2,3). The number of rotatable bonds is 7. The van der Waals surface area contributed by atoms with E-state index in [0.717, 1.165) is 36.1 Å². The van der Waals surface area contributed by atoms with Gasteiger partial charge in [0.1, 0.15) is 22.8 Å². The maximum Gasteiger partial charge on any atom is 0.290 e. The van der Waals surface area contributed by atoms with Crippen molar-refractivity contribution < 1.29 is 27.8 Å². The van der Waals surface area contributed by atoms with Gasteiger partial charge in [0, 0.05) is 17.6 Å². The first-order valence-corrected chi connectivity index (χ1v) is 12.3. The Balaban J connectivity index is 0.00000118. The molecule has 0 bridgehead atoms. The van der Waals surface area contributed by atoms with E-state index in [0.29, 0.717) is 11.2 Å². The predicted octanol–water partition coefficient (Wildman–Crippen LogP) is 7.25. The summed E-state index contributed by atoms with van der Waals surface area (Å²) < 4.78 is 49.8. The molecule has 0 radical (unpaired) electrons. The molecule has 1 unspecified atom stereocenters. The molecule has 0 saturated heterocycles.